The first-order chi connectivity index (χ1) is 16.7. The van der Waals surface area contributed by atoms with Crippen LogP contribution in [-0.2, 0) is 32.0 Å². The number of aromatic hydroxyl groups is 1. The lowest BCUT2D eigenvalue weighted by molar-refractivity contribution is -0.142. The molecule has 0 fully saturated rings. The van der Waals surface area contributed by atoms with Gasteiger partial charge in [0, 0.05) is 19.8 Å². The fourth-order valence-electron chi connectivity index (χ4n) is 3.42. The normalized spacial score (nSPS) is 13.2. The van der Waals surface area contributed by atoms with Crippen molar-refractivity contribution in [1.82, 2.24) is 16.0 Å². The van der Waals surface area contributed by atoms with Crippen molar-refractivity contribution in [1.29, 1.82) is 0 Å². The number of carbonyl (C=O) groups excluding carboxylic acids is 3. The molecule has 188 valence electrons. The van der Waals surface area contributed by atoms with Crippen molar-refractivity contribution < 1.29 is 29.4 Å². The summed E-state index contributed by atoms with van der Waals surface area (Å²) in [5, 5.41) is 26.9. The Labute approximate surface area is 208 Å². The molecule has 35 heavy (non-hydrogen) atoms. The summed E-state index contributed by atoms with van der Waals surface area (Å²) in [4.78, 5) is 49.6. The third-order valence-corrected chi connectivity index (χ3v) is 5.85. The molecular weight excluding hydrogens is 470 g/mol. The smallest absolute Gasteiger partial charge is 0.326 e. The highest BCUT2D eigenvalue weighted by molar-refractivity contribution is 7.98. The maximum absolute atomic E-state index is 13.2. The minimum Gasteiger partial charge on any atom is -0.508 e. The molecule has 0 spiro atoms. The van der Waals surface area contributed by atoms with E-state index in [4.69, 9.17) is 0 Å². The molecule has 0 heterocycles. The molecule has 3 atom stereocenters. The molecule has 3 amide bonds. The second kappa shape index (κ2) is 14.0. The number of amides is 3. The molecule has 0 aliphatic carbocycles. The Balaban J connectivity index is 2.24. The quantitative estimate of drug-likeness (QED) is 0.280. The number of hydrogen-bond donors (Lipinski definition) is 5. The average Bonchev–Trinajstić information content (AvgIpc) is 2.82. The molecule has 2 rings (SSSR count). The van der Waals surface area contributed by atoms with Gasteiger partial charge in [-0.2, -0.15) is 11.8 Å². The summed E-state index contributed by atoms with van der Waals surface area (Å²) in [6, 6.07) is 12.1. The first-order valence-corrected chi connectivity index (χ1v) is 12.5. The molecule has 9 nitrogen and oxygen atoms in total. The second-order valence-corrected chi connectivity index (χ2v) is 9.04. The Morgan fingerprint density at radius 1 is 0.800 bits per heavy atom. The van der Waals surface area contributed by atoms with E-state index in [2.05, 4.69) is 16.0 Å². The maximum Gasteiger partial charge on any atom is 0.326 e. The minimum atomic E-state index is -1.16. The van der Waals surface area contributed by atoms with Gasteiger partial charge in [0.15, 0.2) is 0 Å². The predicted molar refractivity (Wildman–Crippen MR) is 134 cm³/mol. The van der Waals surface area contributed by atoms with E-state index in [0.29, 0.717) is 11.3 Å². The Kier molecular flexibility index (Phi) is 11.1. The van der Waals surface area contributed by atoms with Gasteiger partial charge in [-0.15, -0.1) is 0 Å². The van der Waals surface area contributed by atoms with Gasteiger partial charge in [-0.05, 0) is 41.7 Å². The van der Waals surface area contributed by atoms with Crippen molar-refractivity contribution in [2.24, 2.45) is 0 Å². The van der Waals surface area contributed by atoms with Gasteiger partial charge in [-0.25, -0.2) is 4.79 Å². The number of phenolic OH excluding ortho intramolecular Hbond substituents is 1. The zero-order chi connectivity index (χ0) is 25.8. The van der Waals surface area contributed by atoms with Crippen LogP contribution in [0.25, 0.3) is 0 Å². The highest BCUT2D eigenvalue weighted by Crippen LogP contribution is 2.13. The standard InChI is InChI=1S/C25H31N3O6S/c1-16(29)26-21(14-17-6-4-3-5-7-17)23(31)28-22(15-18-8-10-19(30)11-9-18)24(32)27-20(25(33)34)12-13-35-2/h3-11,20-22,30H,12-15H2,1-2H3,(H,26,29)(H,27,32)(H,28,31)(H,33,34)/t20-,21-,22-/m0/s1. The fraction of sp³-hybridized carbons (Fsp3) is 0.360. The minimum absolute atomic E-state index is 0.0513. The van der Waals surface area contributed by atoms with E-state index in [-0.39, 0.29) is 25.0 Å². The van der Waals surface area contributed by atoms with E-state index >= 15 is 0 Å². The van der Waals surface area contributed by atoms with Crippen molar-refractivity contribution in [3.63, 3.8) is 0 Å². The molecule has 0 saturated heterocycles. The maximum atomic E-state index is 13.2. The SMILES string of the molecule is CSCC[C@H](NC(=O)[C@H](Cc1ccc(O)cc1)NC(=O)[C@H](Cc1ccccc1)NC(C)=O)C(=O)O. The fourth-order valence-corrected chi connectivity index (χ4v) is 3.89. The summed E-state index contributed by atoms with van der Waals surface area (Å²) in [5.41, 5.74) is 1.47. The molecule has 2 aromatic carbocycles. The largest absolute Gasteiger partial charge is 0.508 e. The Hall–Kier alpha value is -3.53. The van der Waals surface area contributed by atoms with Crippen LogP contribution in [0.3, 0.4) is 0 Å². The van der Waals surface area contributed by atoms with Gasteiger partial charge in [-0.3, -0.25) is 14.4 Å². The number of benzene rings is 2. The van der Waals surface area contributed by atoms with E-state index < -0.39 is 41.8 Å². The van der Waals surface area contributed by atoms with Crippen LogP contribution in [0.1, 0.15) is 24.5 Å². The zero-order valence-corrected chi connectivity index (χ0v) is 20.5. The van der Waals surface area contributed by atoms with Gasteiger partial charge in [0.25, 0.3) is 0 Å². The van der Waals surface area contributed by atoms with Crippen molar-refractivity contribution in [3.05, 3.63) is 65.7 Å². The molecule has 0 aliphatic heterocycles. The van der Waals surface area contributed by atoms with Crippen molar-refractivity contribution in [2.45, 2.75) is 44.3 Å². The highest BCUT2D eigenvalue weighted by Gasteiger charge is 2.29. The van der Waals surface area contributed by atoms with Crippen LogP contribution in [0.15, 0.2) is 54.6 Å². The van der Waals surface area contributed by atoms with Crippen LogP contribution in [-0.4, -0.2) is 64.0 Å². The number of carbonyl (C=O) groups is 4. The molecule has 0 aromatic heterocycles. The highest BCUT2D eigenvalue weighted by atomic mass is 32.2. The number of carboxylic acids is 1. The van der Waals surface area contributed by atoms with E-state index in [1.807, 2.05) is 36.6 Å². The van der Waals surface area contributed by atoms with Crippen LogP contribution in [0, 0.1) is 0 Å². The summed E-state index contributed by atoms with van der Waals surface area (Å²) in [6.07, 6.45) is 2.34. The third-order valence-electron chi connectivity index (χ3n) is 5.21. The van der Waals surface area contributed by atoms with E-state index in [1.165, 1.54) is 30.8 Å². The number of hydrogen-bond acceptors (Lipinski definition) is 6. The van der Waals surface area contributed by atoms with Gasteiger partial charge < -0.3 is 26.2 Å². The molecule has 0 radical (unpaired) electrons. The zero-order valence-electron chi connectivity index (χ0n) is 19.7. The predicted octanol–water partition coefficient (Wildman–Crippen LogP) is 1.49. The summed E-state index contributed by atoms with van der Waals surface area (Å²) in [7, 11) is 0. The van der Waals surface area contributed by atoms with Gasteiger partial charge in [-0.1, -0.05) is 42.5 Å². The molecule has 5 N–H and O–H groups in total. The molecule has 10 heteroatoms. The lowest BCUT2D eigenvalue weighted by atomic mass is 10.0. The molecular formula is C25H31N3O6S. The number of rotatable bonds is 13. The van der Waals surface area contributed by atoms with E-state index in [0.717, 1.165) is 5.56 Å². The molecule has 0 bridgehead atoms. The number of carboxylic acid groups (broad SMARTS) is 1. The summed E-state index contributed by atoms with van der Waals surface area (Å²) in [6.45, 7) is 1.30. The monoisotopic (exact) mass is 501 g/mol. The van der Waals surface area contributed by atoms with Crippen LogP contribution in [0.2, 0.25) is 0 Å². The number of aliphatic carboxylic acids is 1. The van der Waals surface area contributed by atoms with Crippen LogP contribution < -0.4 is 16.0 Å². The van der Waals surface area contributed by atoms with Crippen molar-refractivity contribution in [3.8, 4) is 5.75 Å². The number of thioether (sulfide) groups is 1. The second-order valence-electron chi connectivity index (χ2n) is 8.06. The molecule has 0 unspecified atom stereocenters. The van der Waals surface area contributed by atoms with Gasteiger partial charge >= 0.3 is 5.97 Å². The first-order valence-electron chi connectivity index (χ1n) is 11.1. The summed E-state index contributed by atoms with van der Waals surface area (Å²) >= 11 is 1.46. The Morgan fingerprint density at radius 3 is 1.83 bits per heavy atom. The van der Waals surface area contributed by atoms with E-state index in [1.54, 1.807) is 12.1 Å². The van der Waals surface area contributed by atoms with Gasteiger partial charge in [0.1, 0.15) is 23.9 Å². The average molecular weight is 502 g/mol. The van der Waals surface area contributed by atoms with Gasteiger partial charge in [0.2, 0.25) is 17.7 Å². The lowest BCUT2D eigenvalue weighted by Crippen LogP contribution is -2.56. The Bertz CT molecular complexity index is 1000. The molecule has 0 aliphatic rings. The topological polar surface area (TPSA) is 145 Å². The third kappa shape index (κ3) is 9.70. The van der Waals surface area contributed by atoms with Crippen molar-refractivity contribution >= 4 is 35.5 Å². The van der Waals surface area contributed by atoms with Crippen LogP contribution >= 0.6 is 11.8 Å². The van der Waals surface area contributed by atoms with Crippen LogP contribution in [0.4, 0.5) is 0 Å². The van der Waals surface area contributed by atoms with Gasteiger partial charge in [0.05, 0.1) is 0 Å². The number of nitrogens with one attached hydrogen (secondary N) is 3. The molecule has 2 aromatic rings. The summed E-state index contributed by atoms with van der Waals surface area (Å²) < 4.78 is 0. The summed E-state index contributed by atoms with van der Waals surface area (Å²) in [5.74, 6) is -2.20. The van der Waals surface area contributed by atoms with E-state index in [9.17, 15) is 29.4 Å². The molecule has 0 saturated carbocycles. The van der Waals surface area contributed by atoms with Crippen molar-refractivity contribution in [2.75, 3.05) is 12.0 Å². The van der Waals surface area contributed by atoms with Crippen LogP contribution in [0.5, 0.6) is 5.75 Å². The Morgan fingerprint density at radius 2 is 1.31 bits per heavy atom. The lowest BCUT2D eigenvalue weighted by Gasteiger charge is -2.24. The number of phenols is 1. The first kappa shape index (κ1) is 27.7.